The van der Waals surface area contributed by atoms with Crippen LogP contribution in [0.25, 0.3) is 0 Å². The molecule has 2 rings (SSSR count). The molecule has 20 heavy (non-hydrogen) atoms. The second-order valence-electron chi connectivity index (χ2n) is 4.89. The summed E-state index contributed by atoms with van der Waals surface area (Å²) in [5.74, 6) is -1.73. The number of hydrogen-bond donors (Lipinski definition) is 0. The average molecular weight is 314 g/mol. The Kier molecular flexibility index (Phi) is 4.16. The first-order valence-electron chi connectivity index (χ1n) is 6.16. The smallest absolute Gasteiger partial charge is 0.233 e. The lowest BCUT2D eigenvalue weighted by molar-refractivity contribution is -0.139. The highest BCUT2D eigenvalue weighted by atomic mass is 35.5. The molecule has 1 heterocycles. The standard InChI is InChI=1S/C14H13Cl2NO3/c1-7-8(2)14(20)17(13(7)19)6-12(18)9-3-4-10(15)11(16)5-9/h3-5,7-8H,6H2,1-2H3. The number of Topliss-reactive ketones (excluding diaryl/α,β-unsaturated/α-hetero) is 1. The zero-order valence-corrected chi connectivity index (χ0v) is 12.5. The molecule has 0 spiro atoms. The third kappa shape index (κ3) is 2.58. The fourth-order valence-electron chi connectivity index (χ4n) is 2.09. The predicted molar refractivity (Wildman–Crippen MR) is 75.8 cm³/mol. The largest absolute Gasteiger partial charge is 0.292 e. The van der Waals surface area contributed by atoms with E-state index in [9.17, 15) is 14.4 Å². The van der Waals surface area contributed by atoms with Crippen molar-refractivity contribution < 1.29 is 14.4 Å². The van der Waals surface area contributed by atoms with Crippen LogP contribution in [0.5, 0.6) is 0 Å². The van der Waals surface area contributed by atoms with Crippen LogP contribution in [-0.2, 0) is 9.59 Å². The summed E-state index contributed by atoms with van der Waals surface area (Å²) in [7, 11) is 0. The molecular weight excluding hydrogens is 301 g/mol. The summed E-state index contributed by atoms with van der Waals surface area (Å²) in [6, 6.07) is 4.47. The third-order valence-corrected chi connectivity index (χ3v) is 4.34. The molecule has 2 atom stereocenters. The van der Waals surface area contributed by atoms with E-state index in [0.29, 0.717) is 10.6 Å². The predicted octanol–water partition coefficient (Wildman–Crippen LogP) is 2.82. The van der Waals surface area contributed by atoms with Gasteiger partial charge in [0.15, 0.2) is 5.78 Å². The van der Waals surface area contributed by atoms with E-state index in [1.807, 2.05) is 0 Å². The summed E-state index contributed by atoms with van der Waals surface area (Å²) in [5.41, 5.74) is 0.326. The number of halogens is 2. The van der Waals surface area contributed by atoms with Gasteiger partial charge >= 0.3 is 0 Å². The Morgan fingerprint density at radius 2 is 1.65 bits per heavy atom. The summed E-state index contributed by atoms with van der Waals surface area (Å²) >= 11 is 11.6. The number of nitrogens with zero attached hydrogens (tertiary/aromatic N) is 1. The lowest BCUT2D eigenvalue weighted by atomic mass is 10.00. The van der Waals surface area contributed by atoms with Gasteiger partial charge in [0.1, 0.15) is 0 Å². The molecule has 1 fully saturated rings. The maximum absolute atomic E-state index is 12.1. The van der Waals surface area contributed by atoms with Crippen LogP contribution in [0.3, 0.4) is 0 Å². The molecule has 1 aromatic carbocycles. The van der Waals surface area contributed by atoms with Crippen LogP contribution < -0.4 is 0 Å². The highest BCUT2D eigenvalue weighted by Gasteiger charge is 2.42. The molecule has 1 saturated heterocycles. The van der Waals surface area contributed by atoms with E-state index in [4.69, 9.17) is 23.2 Å². The normalized spacial score (nSPS) is 22.5. The van der Waals surface area contributed by atoms with Gasteiger partial charge in [-0.3, -0.25) is 19.3 Å². The van der Waals surface area contributed by atoms with Gasteiger partial charge in [0, 0.05) is 17.4 Å². The van der Waals surface area contributed by atoms with E-state index in [-0.39, 0.29) is 41.0 Å². The molecular formula is C14H13Cl2NO3. The summed E-state index contributed by atoms with van der Waals surface area (Å²) in [5, 5.41) is 0.608. The molecule has 0 N–H and O–H groups in total. The van der Waals surface area contributed by atoms with Crippen molar-refractivity contribution in [3.63, 3.8) is 0 Å². The fraction of sp³-hybridized carbons (Fsp3) is 0.357. The Morgan fingerprint density at radius 1 is 1.10 bits per heavy atom. The summed E-state index contributed by atoms with van der Waals surface area (Å²) in [4.78, 5) is 37.0. The molecule has 0 saturated carbocycles. The van der Waals surface area contributed by atoms with Gasteiger partial charge in [0.05, 0.1) is 16.6 Å². The number of likely N-dealkylation sites (tertiary alicyclic amines) is 1. The minimum Gasteiger partial charge on any atom is -0.292 e. The number of ketones is 1. The molecule has 1 aromatic rings. The summed E-state index contributed by atoms with van der Waals surface area (Å²) in [6.45, 7) is 3.12. The summed E-state index contributed by atoms with van der Waals surface area (Å²) < 4.78 is 0. The van der Waals surface area contributed by atoms with Gasteiger partial charge in [-0.25, -0.2) is 0 Å². The number of hydrogen-bond acceptors (Lipinski definition) is 3. The van der Waals surface area contributed by atoms with Gasteiger partial charge < -0.3 is 0 Å². The first kappa shape index (κ1) is 15.0. The second kappa shape index (κ2) is 5.54. The number of carbonyl (C=O) groups is 3. The van der Waals surface area contributed by atoms with Gasteiger partial charge in [-0.05, 0) is 18.2 Å². The van der Waals surface area contributed by atoms with Gasteiger partial charge in [-0.15, -0.1) is 0 Å². The van der Waals surface area contributed by atoms with Crippen molar-refractivity contribution in [2.45, 2.75) is 13.8 Å². The van der Waals surface area contributed by atoms with Crippen molar-refractivity contribution in [3.05, 3.63) is 33.8 Å². The van der Waals surface area contributed by atoms with Crippen LogP contribution in [0.1, 0.15) is 24.2 Å². The highest BCUT2D eigenvalue weighted by molar-refractivity contribution is 6.42. The van der Waals surface area contributed by atoms with E-state index in [1.54, 1.807) is 13.8 Å². The molecule has 1 aliphatic rings. The van der Waals surface area contributed by atoms with Crippen LogP contribution in [-0.4, -0.2) is 29.0 Å². The number of rotatable bonds is 3. The van der Waals surface area contributed by atoms with E-state index in [0.717, 1.165) is 4.90 Å². The minimum absolute atomic E-state index is 0.260. The molecule has 2 unspecified atom stereocenters. The van der Waals surface area contributed by atoms with Crippen LogP contribution in [0.4, 0.5) is 0 Å². The number of carbonyl (C=O) groups excluding carboxylic acids is 3. The number of imide groups is 1. The molecule has 6 heteroatoms. The summed E-state index contributed by atoms with van der Waals surface area (Å²) in [6.07, 6.45) is 0. The van der Waals surface area contributed by atoms with Gasteiger partial charge in [-0.2, -0.15) is 0 Å². The van der Waals surface area contributed by atoms with Gasteiger partial charge in [0.2, 0.25) is 11.8 Å². The van der Waals surface area contributed by atoms with Crippen LogP contribution in [0, 0.1) is 11.8 Å². The lowest BCUT2D eigenvalue weighted by Crippen LogP contribution is -2.35. The van der Waals surface area contributed by atoms with Crippen molar-refractivity contribution >= 4 is 40.8 Å². The number of amides is 2. The van der Waals surface area contributed by atoms with Crippen molar-refractivity contribution in [3.8, 4) is 0 Å². The lowest BCUT2D eigenvalue weighted by Gasteiger charge is -2.13. The van der Waals surface area contributed by atoms with E-state index in [2.05, 4.69) is 0 Å². The Labute approximate surface area is 126 Å². The molecule has 0 bridgehead atoms. The number of benzene rings is 1. The van der Waals surface area contributed by atoms with Crippen molar-refractivity contribution in [1.82, 2.24) is 4.90 Å². The minimum atomic E-state index is -0.385. The molecule has 1 aliphatic heterocycles. The van der Waals surface area contributed by atoms with E-state index in [1.165, 1.54) is 18.2 Å². The topological polar surface area (TPSA) is 54.5 Å². The maximum Gasteiger partial charge on any atom is 0.233 e. The quantitative estimate of drug-likeness (QED) is 0.637. The molecule has 0 aliphatic carbocycles. The van der Waals surface area contributed by atoms with E-state index >= 15 is 0 Å². The van der Waals surface area contributed by atoms with Gasteiger partial charge in [-0.1, -0.05) is 37.0 Å². The first-order valence-corrected chi connectivity index (χ1v) is 6.92. The van der Waals surface area contributed by atoms with Crippen molar-refractivity contribution in [1.29, 1.82) is 0 Å². The Morgan fingerprint density at radius 3 is 2.15 bits per heavy atom. The van der Waals surface area contributed by atoms with E-state index < -0.39 is 0 Å². The Hall–Kier alpha value is -1.39. The van der Waals surface area contributed by atoms with Crippen molar-refractivity contribution in [2.24, 2.45) is 11.8 Å². The second-order valence-corrected chi connectivity index (χ2v) is 5.71. The van der Waals surface area contributed by atoms with Crippen LogP contribution in [0.2, 0.25) is 10.0 Å². The highest BCUT2D eigenvalue weighted by Crippen LogP contribution is 2.26. The average Bonchev–Trinajstić information content (AvgIpc) is 2.59. The van der Waals surface area contributed by atoms with Crippen LogP contribution >= 0.6 is 23.2 Å². The molecule has 0 aromatic heterocycles. The molecule has 2 amide bonds. The third-order valence-electron chi connectivity index (χ3n) is 3.60. The zero-order valence-electron chi connectivity index (χ0n) is 11.0. The zero-order chi connectivity index (χ0) is 15.0. The van der Waals surface area contributed by atoms with Crippen molar-refractivity contribution in [2.75, 3.05) is 6.54 Å². The first-order chi connectivity index (χ1) is 9.32. The Balaban J connectivity index is 2.18. The molecule has 0 radical (unpaired) electrons. The van der Waals surface area contributed by atoms with Gasteiger partial charge in [0.25, 0.3) is 0 Å². The fourth-order valence-corrected chi connectivity index (χ4v) is 2.39. The molecule has 4 nitrogen and oxygen atoms in total. The monoisotopic (exact) mass is 313 g/mol. The van der Waals surface area contributed by atoms with Crippen LogP contribution in [0.15, 0.2) is 18.2 Å². The maximum atomic E-state index is 12.1. The molecule has 106 valence electrons. The SMILES string of the molecule is CC1C(=O)N(CC(=O)c2ccc(Cl)c(Cl)c2)C(=O)C1C. The Bertz CT molecular complexity index is 580.